The Morgan fingerprint density at radius 1 is 0.870 bits per heavy atom. The van der Waals surface area contributed by atoms with Gasteiger partial charge in [0.05, 0.1) is 18.1 Å². The van der Waals surface area contributed by atoms with Gasteiger partial charge in [0, 0.05) is 19.8 Å². The largest absolute Gasteiger partial charge is 0.479 e. The molecule has 4 nitrogen and oxygen atoms in total. The molecule has 0 spiro atoms. The number of hydrogen-bond acceptors (Lipinski definition) is 4. The zero-order valence-corrected chi connectivity index (χ0v) is 13.5. The van der Waals surface area contributed by atoms with Crippen molar-refractivity contribution in [2.24, 2.45) is 0 Å². The second-order valence-electron chi connectivity index (χ2n) is 5.43. The summed E-state index contributed by atoms with van der Waals surface area (Å²) in [6.45, 7) is 0. The Morgan fingerprint density at radius 3 is 2.13 bits per heavy atom. The Balaban J connectivity index is 1.93. The molecule has 0 aliphatic heterocycles. The molecular formula is C19H19N3O. The molecule has 2 aromatic carbocycles. The van der Waals surface area contributed by atoms with Gasteiger partial charge < -0.3 is 9.64 Å². The molecule has 1 aromatic heterocycles. The minimum absolute atomic E-state index is 0.532. The van der Waals surface area contributed by atoms with Crippen molar-refractivity contribution in [3.8, 4) is 5.88 Å². The number of ether oxygens (including phenoxy) is 1. The molecule has 0 saturated carbocycles. The number of nitrogens with zero attached hydrogens (tertiary/aromatic N) is 3. The first-order valence-electron chi connectivity index (χ1n) is 7.43. The fourth-order valence-electron chi connectivity index (χ4n) is 2.32. The maximum atomic E-state index is 5.36. The van der Waals surface area contributed by atoms with Gasteiger partial charge in [0.15, 0.2) is 0 Å². The quantitative estimate of drug-likeness (QED) is 0.733. The van der Waals surface area contributed by atoms with Crippen molar-refractivity contribution in [1.82, 2.24) is 9.97 Å². The molecule has 0 aliphatic carbocycles. The monoisotopic (exact) mass is 305 g/mol. The van der Waals surface area contributed by atoms with Crippen molar-refractivity contribution < 1.29 is 4.74 Å². The fraction of sp³-hybridized carbons (Fsp3) is 0.158. The van der Waals surface area contributed by atoms with Crippen molar-refractivity contribution in [1.29, 1.82) is 0 Å². The molecule has 23 heavy (non-hydrogen) atoms. The van der Waals surface area contributed by atoms with Crippen LogP contribution in [0.25, 0.3) is 23.2 Å². The summed E-state index contributed by atoms with van der Waals surface area (Å²) in [5.41, 5.74) is 4.69. The number of fused-ring (bicyclic) bond motifs is 1. The van der Waals surface area contributed by atoms with Gasteiger partial charge in [-0.1, -0.05) is 30.3 Å². The Morgan fingerprint density at radius 2 is 1.52 bits per heavy atom. The second kappa shape index (κ2) is 6.48. The molecule has 0 aliphatic rings. The zero-order valence-electron chi connectivity index (χ0n) is 13.5. The number of anilines is 1. The van der Waals surface area contributed by atoms with E-state index in [4.69, 9.17) is 4.74 Å². The summed E-state index contributed by atoms with van der Waals surface area (Å²) in [7, 11) is 5.67. The van der Waals surface area contributed by atoms with Crippen LogP contribution in [0.4, 0.5) is 5.69 Å². The minimum atomic E-state index is 0.532. The van der Waals surface area contributed by atoms with Crippen molar-refractivity contribution in [2.45, 2.75) is 0 Å². The third-order valence-corrected chi connectivity index (χ3v) is 3.60. The number of para-hydroxylation sites is 2. The van der Waals surface area contributed by atoms with Crippen LogP contribution in [0, 0.1) is 0 Å². The fourth-order valence-corrected chi connectivity index (χ4v) is 2.32. The van der Waals surface area contributed by atoms with Gasteiger partial charge in [-0.3, -0.25) is 0 Å². The number of methoxy groups -OCH3 is 1. The van der Waals surface area contributed by atoms with E-state index >= 15 is 0 Å². The maximum Gasteiger partial charge on any atom is 0.240 e. The van der Waals surface area contributed by atoms with E-state index in [1.54, 1.807) is 7.11 Å². The first-order chi connectivity index (χ1) is 11.2. The molecule has 0 amide bonds. The van der Waals surface area contributed by atoms with Crippen LogP contribution >= 0.6 is 0 Å². The summed E-state index contributed by atoms with van der Waals surface area (Å²) in [4.78, 5) is 11.2. The van der Waals surface area contributed by atoms with Gasteiger partial charge in [0.1, 0.15) is 5.69 Å². The first-order valence-corrected chi connectivity index (χ1v) is 7.43. The molecule has 116 valence electrons. The van der Waals surface area contributed by atoms with E-state index in [9.17, 15) is 0 Å². The van der Waals surface area contributed by atoms with E-state index in [1.165, 1.54) is 5.69 Å². The Hall–Kier alpha value is -2.88. The molecule has 3 rings (SSSR count). The zero-order chi connectivity index (χ0) is 16.2. The maximum absolute atomic E-state index is 5.36. The highest BCUT2D eigenvalue weighted by Gasteiger charge is 2.06. The van der Waals surface area contributed by atoms with E-state index in [-0.39, 0.29) is 0 Å². The standard InChI is InChI=1S/C19H19N3O/c1-22(2)15-11-8-14(9-12-15)10-13-18-19(23-3)21-17-7-5-4-6-16(17)20-18/h4-13H,1-3H3/b13-10+. The summed E-state index contributed by atoms with van der Waals surface area (Å²) in [5.74, 6) is 0.532. The molecule has 1 heterocycles. The number of rotatable bonds is 4. The van der Waals surface area contributed by atoms with E-state index in [0.29, 0.717) is 5.88 Å². The topological polar surface area (TPSA) is 38.3 Å². The summed E-state index contributed by atoms with van der Waals surface area (Å²) < 4.78 is 5.36. The summed E-state index contributed by atoms with van der Waals surface area (Å²) in [5, 5.41) is 0. The minimum Gasteiger partial charge on any atom is -0.479 e. The van der Waals surface area contributed by atoms with Crippen molar-refractivity contribution >= 4 is 28.9 Å². The molecule has 0 atom stereocenters. The van der Waals surface area contributed by atoms with Crippen molar-refractivity contribution in [3.63, 3.8) is 0 Å². The molecule has 0 fully saturated rings. The van der Waals surface area contributed by atoms with Gasteiger partial charge in [0.2, 0.25) is 5.88 Å². The third kappa shape index (κ3) is 3.31. The van der Waals surface area contributed by atoms with Crippen LogP contribution in [0.2, 0.25) is 0 Å². The number of benzene rings is 2. The smallest absolute Gasteiger partial charge is 0.240 e. The second-order valence-corrected chi connectivity index (χ2v) is 5.43. The van der Waals surface area contributed by atoms with Gasteiger partial charge in [-0.25, -0.2) is 9.97 Å². The molecule has 0 radical (unpaired) electrons. The van der Waals surface area contributed by atoms with E-state index < -0.39 is 0 Å². The van der Waals surface area contributed by atoms with Crippen molar-refractivity contribution in [2.75, 3.05) is 26.1 Å². The third-order valence-electron chi connectivity index (χ3n) is 3.60. The Kier molecular flexibility index (Phi) is 4.24. The predicted molar refractivity (Wildman–Crippen MR) is 95.8 cm³/mol. The lowest BCUT2D eigenvalue weighted by molar-refractivity contribution is 0.396. The lowest BCUT2D eigenvalue weighted by atomic mass is 10.1. The van der Waals surface area contributed by atoms with Crippen LogP contribution < -0.4 is 9.64 Å². The van der Waals surface area contributed by atoms with E-state index in [1.807, 2.05) is 50.5 Å². The lowest BCUT2D eigenvalue weighted by Crippen LogP contribution is -2.07. The first kappa shape index (κ1) is 15.0. The van der Waals surface area contributed by atoms with Crippen molar-refractivity contribution in [3.05, 3.63) is 59.8 Å². The van der Waals surface area contributed by atoms with Crippen LogP contribution in [0.3, 0.4) is 0 Å². The van der Waals surface area contributed by atoms with E-state index in [2.05, 4.69) is 39.1 Å². The lowest BCUT2D eigenvalue weighted by Gasteiger charge is -2.11. The molecule has 0 saturated heterocycles. The SMILES string of the molecule is COc1nc2ccccc2nc1/C=C/c1ccc(N(C)C)cc1. The van der Waals surface area contributed by atoms with Gasteiger partial charge in [-0.15, -0.1) is 0 Å². The highest BCUT2D eigenvalue weighted by atomic mass is 16.5. The van der Waals surface area contributed by atoms with E-state index in [0.717, 1.165) is 22.3 Å². The van der Waals surface area contributed by atoms with Crippen LogP contribution in [0.5, 0.6) is 5.88 Å². The summed E-state index contributed by atoms with van der Waals surface area (Å²) in [6.07, 6.45) is 3.95. The number of aromatic nitrogens is 2. The molecule has 0 bridgehead atoms. The van der Waals surface area contributed by atoms with Gasteiger partial charge in [-0.2, -0.15) is 0 Å². The highest BCUT2D eigenvalue weighted by molar-refractivity contribution is 5.79. The average Bonchev–Trinajstić information content (AvgIpc) is 2.59. The van der Waals surface area contributed by atoms with Crippen LogP contribution in [0.1, 0.15) is 11.3 Å². The highest BCUT2D eigenvalue weighted by Crippen LogP contribution is 2.21. The Labute approximate surface area is 136 Å². The van der Waals surface area contributed by atoms with Crippen LogP contribution in [-0.2, 0) is 0 Å². The molecule has 3 aromatic rings. The van der Waals surface area contributed by atoms with Crippen LogP contribution in [0.15, 0.2) is 48.5 Å². The Bertz CT molecular complexity index is 839. The van der Waals surface area contributed by atoms with Crippen LogP contribution in [-0.4, -0.2) is 31.2 Å². The average molecular weight is 305 g/mol. The van der Waals surface area contributed by atoms with Gasteiger partial charge in [-0.05, 0) is 35.9 Å². The normalized spacial score (nSPS) is 11.1. The molecule has 4 heteroatoms. The van der Waals surface area contributed by atoms with Gasteiger partial charge in [0.25, 0.3) is 0 Å². The van der Waals surface area contributed by atoms with Gasteiger partial charge >= 0.3 is 0 Å². The predicted octanol–water partition coefficient (Wildman–Crippen LogP) is 3.87. The summed E-state index contributed by atoms with van der Waals surface area (Å²) in [6, 6.07) is 16.1. The molecule has 0 N–H and O–H groups in total. The molecule has 0 unspecified atom stereocenters. The number of hydrogen-bond donors (Lipinski definition) is 0. The molecular weight excluding hydrogens is 286 g/mol. The summed E-state index contributed by atoms with van der Waals surface area (Å²) >= 11 is 0.